The zero-order valence-electron chi connectivity index (χ0n) is 9.47. The molecule has 3 rings (SSSR count). The molecule has 0 fully saturated rings. The lowest BCUT2D eigenvalue weighted by molar-refractivity contribution is 0.420. The van der Waals surface area contributed by atoms with E-state index in [2.05, 4.69) is 0 Å². The molecular weight excluding hydrogens is 212 g/mol. The minimum Gasteiger partial charge on any atom is -0.507 e. The van der Waals surface area contributed by atoms with E-state index < -0.39 is 0 Å². The summed E-state index contributed by atoms with van der Waals surface area (Å²) >= 11 is 0. The first-order chi connectivity index (χ1) is 8.31. The molecule has 0 spiro atoms. The van der Waals surface area contributed by atoms with E-state index in [-0.39, 0.29) is 0 Å². The predicted octanol–water partition coefficient (Wildman–Crippen LogP) is 3.71. The largest absolute Gasteiger partial charge is 0.507 e. The fraction of sp³-hybridized carbons (Fsp3) is 0.0667. The third-order valence-electron chi connectivity index (χ3n) is 3.06. The van der Waals surface area contributed by atoms with Gasteiger partial charge in [0, 0.05) is 10.8 Å². The van der Waals surface area contributed by atoms with E-state index in [1.165, 1.54) is 0 Å². The van der Waals surface area contributed by atoms with Crippen LogP contribution >= 0.6 is 0 Å². The smallest absolute Gasteiger partial charge is 0.127 e. The number of ether oxygens (including phenoxy) is 1. The van der Waals surface area contributed by atoms with Crippen LogP contribution in [-0.4, -0.2) is 12.2 Å². The average Bonchev–Trinajstić information content (AvgIpc) is 2.38. The molecule has 0 aliphatic carbocycles. The van der Waals surface area contributed by atoms with Crippen molar-refractivity contribution in [1.82, 2.24) is 0 Å². The summed E-state index contributed by atoms with van der Waals surface area (Å²) in [6.45, 7) is 0. The summed E-state index contributed by atoms with van der Waals surface area (Å²) in [5.74, 6) is 1.13. The highest BCUT2D eigenvalue weighted by molar-refractivity contribution is 6.12. The molecule has 0 saturated carbocycles. The van der Waals surface area contributed by atoms with E-state index in [4.69, 9.17) is 4.74 Å². The third kappa shape index (κ3) is 1.41. The first-order valence-corrected chi connectivity index (χ1v) is 5.48. The molecule has 17 heavy (non-hydrogen) atoms. The Morgan fingerprint density at radius 2 is 1.71 bits per heavy atom. The molecule has 0 bridgehead atoms. The van der Waals surface area contributed by atoms with Gasteiger partial charge in [-0.3, -0.25) is 0 Å². The molecule has 3 aromatic carbocycles. The normalized spacial score (nSPS) is 10.9. The Hall–Kier alpha value is -2.22. The standard InChI is InChI=1S/C15H12O2/c1-17-14-7-2-4-10-8-9-11-12(15(10)14)5-3-6-13(11)16/h2-9,16H,1H3. The second kappa shape index (κ2) is 3.67. The minimum absolute atomic E-state index is 0.301. The number of hydrogen-bond acceptors (Lipinski definition) is 2. The lowest BCUT2D eigenvalue weighted by Gasteiger charge is -2.09. The van der Waals surface area contributed by atoms with Gasteiger partial charge in [0.2, 0.25) is 0 Å². The monoisotopic (exact) mass is 224 g/mol. The highest BCUT2D eigenvalue weighted by Gasteiger charge is 2.07. The molecular formula is C15H12O2. The molecule has 2 heteroatoms. The van der Waals surface area contributed by atoms with E-state index >= 15 is 0 Å². The van der Waals surface area contributed by atoms with Gasteiger partial charge < -0.3 is 9.84 Å². The van der Waals surface area contributed by atoms with Crippen LogP contribution in [0.3, 0.4) is 0 Å². The van der Waals surface area contributed by atoms with Crippen LogP contribution in [0.2, 0.25) is 0 Å². The van der Waals surface area contributed by atoms with Crippen LogP contribution in [0.5, 0.6) is 11.5 Å². The van der Waals surface area contributed by atoms with Crippen LogP contribution in [0.15, 0.2) is 48.5 Å². The van der Waals surface area contributed by atoms with Gasteiger partial charge >= 0.3 is 0 Å². The number of aromatic hydroxyl groups is 1. The molecule has 0 aliphatic heterocycles. The van der Waals surface area contributed by atoms with Gasteiger partial charge in [0.1, 0.15) is 11.5 Å². The molecule has 2 nitrogen and oxygen atoms in total. The Kier molecular flexibility index (Phi) is 2.15. The van der Waals surface area contributed by atoms with Gasteiger partial charge in [-0.15, -0.1) is 0 Å². The first-order valence-electron chi connectivity index (χ1n) is 5.48. The summed E-state index contributed by atoms with van der Waals surface area (Å²) in [6, 6.07) is 15.4. The van der Waals surface area contributed by atoms with Gasteiger partial charge in [0.25, 0.3) is 0 Å². The topological polar surface area (TPSA) is 29.5 Å². The predicted molar refractivity (Wildman–Crippen MR) is 69.7 cm³/mol. The number of phenols is 1. The van der Waals surface area contributed by atoms with Crippen molar-refractivity contribution >= 4 is 21.5 Å². The van der Waals surface area contributed by atoms with Gasteiger partial charge in [-0.1, -0.05) is 36.4 Å². The van der Waals surface area contributed by atoms with E-state index in [1.54, 1.807) is 13.2 Å². The SMILES string of the molecule is COc1cccc2ccc3c(O)cccc3c12. The van der Waals surface area contributed by atoms with Crippen molar-refractivity contribution in [3.05, 3.63) is 48.5 Å². The maximum Gasteiger partial charge on any atom is 0.127 e. The highest BCUT2D eigenvalue weighted by Crippen LogP contribution is 2.35. The summed E-state index contributed by atoms with van der Waals surface area (Å²) in [4.78, 5) is 0. The molecule has 3 aromatic rings. The summed E-state index contributed by atoms with van der Waals surface area (Å²) in [7, 11) is 1.66. The Bertz CT molecular complexity index is 702. The molecule has 0 aromatic heterocycles. The van der Waals surface area contributed by atoms with Gasteiger partial charge in [-0.25, -0.2) is 0 Å². The van der Waals surface area contributed by atoms with Gasteiger partial charge in [-0.05, 0) is 22.9 Å². The zero-order chi connectivity index (χ0) is 11.8. The maximum atomic E-state index is 9.85. The Labute approximate surface area is 99.1 Å². The zero-order valence-corrected chi connectivity index (χ0v) is 9.47. The Morgan fingerprint density at radius 1 is 0.882 bits per heavy atom. The Balaban J connectivity index is 2.58. The lowest BCUT2D eigenvalue weighted by Crippen LogP contribution is -1.86. The number of fused-ring (bicyclic) bond motifs is 3. The molecule has 0 atom stereocenters. The number of hydrogen-bond donors (Lipinski definition) is 1. The van der Waals surface area contributed by atoms with E-state index in [0.29, 0.717) is 5.75 Å². The summed E-state index contributed by atoms with van der Waals surface area (Å²) in [5.41, 5.74) is 0. The van der Waals surface area contributed by atoms with E-state index in [1.807, 2.05) is 42.5 Å². The van der Waals surface area contributed by atoms with Crippen LogP contribution in [0.1, 0.15) is 0 Å². The number of methoxy groups -OCH3 is 1. The van der Waals surface area contributed by atoms with Crippen molar-refractivity contribution in [3.63, 3.8) is 0 Å². The van der Waals surface area contributed by atoms with Crippen molar-refractivity contribution in [2.75, 3.05) is 7.11 Å². The van der Waals surface area contributed by atoms with Gasteiger partial charge in [-0.2, -0.15) is 0 Å². The number of phenolic OH excluding ortho intramolecular Hbond substituents is 1. The number of benzene rings is 3. The van der Waals surface area contributed by atoms with E-state index in [9.17, 15) is 5.11 Å². The minimum atomic E-state index is 0.301. The van der Waals surface area contributed by atoms with Crippen LogP contribution in [-0.2, 0) is 0 Å². The molecule has 0 heterocycles. The van der Waals surface area contributed by atoms with E-state index in [0.717, 1.165) is 27.3 Å². The third-order valence-corrected chi connectivity index (χ3v) is 3.06. The summed E-state index contributed by atoms with van der Waals surface area (Å²) in [5, 5.41) is 13.9. The molecule has 0 saturated heterocycles. The molecule has 84 valence electrons. The van der Waals surface area contributed by atoms with Gasteiger partial charge in [0.15, 0.2) is 0 Å². The van der Waals surface area contributed by atoms with Crippen molar-refractivity contribution < 1.29 is 9.84 Å². The fourth-order valence-electron chi connectivity index (χ4n) is 2.26. The quantitative estimate of drug-likeness (QED) is 0.638. The van der Waals surface area contributed by atoms with Crippen LogP contribution in [0.25, 0.3) is 21.5 Å². The lowest BCUT2D eigenvalue weighted by atomic mass is 10.0. The van der Waals surface area contributed by atoms with Crippen LogP contribution in [0.4, 0.5) is 0 Å². The van der Waals surface area contributed by atoms with Crippen molar-refractivity contribution in [2.24, 2.45) is 0 Å². The molecule has 1 N–H and O–H groups in total. The van der Waals surface area contributed by atoms with Gasteiger partial charge in [0.05, 0.1) is 7.11 Å². The van der Waals surface area contributed by atoms with Crippen LogP contribution < -0.4 is 4.74 Å². The van der Waals surface area contributed by atoms with Crippen molar-refractivity contribution in [3.8, 4) is 11.5 Å². The molecule has 0 aliphatic rings. The van der Waals surface area contributed by atoms with Crippen LogP contribution in [0, 0.1) is 0 Å². The maximum absolute atomic E-state index is 9.85. The second-order valence-corrected chi connectivity index (χ2v) is 4.00. The fourth-order valence-corrected chi connectivity index (χ4v) is 2.26. The molecule has 0 unspecified atom stereocenters. The summed E-state index contributed by atoms with van der Waals surface area (Å²) in [6.07, 6.45) is 0. The first kappa shape index (κ1) is 9.97. The highest BCUT2D eigenvalue weighted by atomic mass is 16.5. The Morgan fingerprint density at radius 3 is 2.53 bits per heavy atom. The van der Waals surface area contributed by atoms with Crippen molar-refractivity contribution in [2.45, 2.75) is 0 Å². The number of rotatable bonds is 1. The van der Waals surface area contributed by atoms with Crippen molar-refractivity contribution in [1.29, 1.82) is 0 Å². The average molecular weight is 224 g/mol. The molecule has 0 amide bonds. The molecule has 0 radical (unpaired) electrons. The second-order valence-electron chi connectivity index (χ2n) is 4.00. The summed E-state index contributed by atoms with van der Waals surface area (Å²) < 4.78 is 5.39.